The van der Waals surface area contributed by atoms with Crippen LogP contribution in [-0.2, 0) is 7.05 Å². The van der Waals surface area contributed by atoms with Gasteiger partial charge in [-0.15, -0.1) is 0 Å². The molecule has 8 nitrogen and oxygen atoms in total. The molecule has 0 spiro atoms. The molecule has 1 amide bonds. The van der Waals surface area contributed by atoms with Crippen LogP contribution in [0.1, 0.15) is 10.5 Å². The third-order valence-electron chi connectivity index (χ3n) is 4.50. The molecule has 0 bridgehead atoms. The zero-order valence-corrected chi connectivity index (χ0v) is 16.2. The number of aryl methyl sites for hydroxylation is 1. The van der Waals surface area contributed by atoms with Gasteiger partial charge in [0.2, 0.25) is 6.79 Å². The lowest BCUT2D eigenvalue weighted by Crippen LogP contribution is -2.28. The van der Waals surface area contributed by atoms with E-state index in [-0.39, 0.29) is 12.7 Å². The highest BCUT2D eigenvalue weighted by Crippen LogP contribution is 2.35. The predicted molar refractivity (Wildman–Crippen MR) is 106 cm³/mol. The van der Waals surface area contributed by atoms with Crippen molar-refractivity contribution in [3.05, 3.63) is 54.2 Å². The largest absolute Gasteiger partial charge is 0.497 e. The molecule has 4 rings (SSSR count). The van der Waals surface area contributed by atoms with Crippen molar-refractivity contribution in [3.63, 3.8) is 0 Å². The van der Waals surface area contributed by atoms with Crippen molar-refractivity contribution in [3.8, 4) is 34.3 Å². The van der Waals surface area contributed by atoms with Crippen LogP contribution in [0.15, 0.2) is 48.5 Å². The molecule has 0 radical (unpaired) electrons. The third-order valence-corrected chi connectivity index (χ3v) is 4.50. The second-order valence-electron chi connectivity index (χ2n) is 6.39. The van der Waals surface area contributed by atoms with Gasteiger partial charge in [0, 0.05) is 12.6 Å². The number of nitrogens with one attached hydrogen (secondary N) is 1. The molecule has 0 unspecified atom stereocenters. The Bertz CT molecular complexity index is 1010. The number of rotatable bonds is 7. The number of ether oxygens (including phenoxy) is 4. The highest BCUT2D eigenvalue weighted by atomic mass is 16.7. The Balaban J connectivity index is 1.34. The molecule has 0 fully saturated rings. The summed E-state index contributed by atoms with van der Waals surface area (Å²) in [7, 11) is 3.41. The van der Waals surface area contributed by atoms with E-state index in [1.807, 2.05) is 42.5 Å². The minimum absolute atomic E-state index is 0.219. The summed E-state index contributed by atoms with van der Waals surface area (Å²) in [5.74, 6) is 2.61. The van der Waals surface area contributed by atoms with Crippen LogP contribution in [0, 0.1) is 0 Å². The summed E-state index contributed by atoms with van der Waals surface area (Å²) < 4.78 is 23.1. The number of benzene rings is 2. The first kappa shape index (κ1) is 18.7. The number of nitrogens with zero attached hydrogens (tertiary/aromatic N) is 2. The van der Waals surface area contributed by atoms with Crippen molar-refractivity contribution in [1.29, 1.82) is 0 Å². The van der Waals surface area contributed by atoms with E-state index in [1.54, 1.807) is 24.9 Å². The van der Waals surface area contributed by atoms with Gasteiger partial charge in [-0.1, -0.05) is 0 Å². The van der Waals surface area contributed by atoms with Crippen LogP contribution in [0.4, 0.5) is 0 Å². The molecule has 8 heteroatoms. The Kier molecular flexibility index (Phi) is 5.24. The van der Waals surface area contributed by atoms with E-state index in [0.29, 0.717) is 36.1 Å². The van der Waals surface area contributed by atoms with Crippen molar-refractivity contribution >= 4 is 5.91 Å². The number of carbonyl (C=O) groups is 1. The summed E-state index contributed by atoms with van der Waals surface area (Å²) >= 11 is 0. The molecule has 2 heterocycles. The Morgan fingerprint density at radius 2 is 1.86 bits per heavy atom. The van der Waals surface area contributed by atoms with Crippen molar-refractivity contribution in [2.75, 3.05) is 27.1 Å². The van der Waals surface area contributed by atoms with E-state index in [1.165, 1.54) is 0 Å². The molecule has 1 N–H and O–H groups in total. The number of hydrogen-bond acceptors (Lipinski definition) is 6. The molecule has 0 atom stereocenters. The summed E-state index contributed by atoms with van der Waals surface area (Å²) in [6.45, 7) is 0.928. The Hall–Kier alpha value is -3.68. The van der Waals surface area contributed by atoms with Gasteiger partial charge in [-0.25, -0.2) is 0 Å². The number of fused-ring (bicyclic) bond motifs is 1. The molecule has 0 saturated carbocycles. The van der Waals surface area contributed by atoms with Gasteiger partial charge < -0.3 is 24.3 Å². The normalized spacial score (nSPS) is 11.9. The van der Waals surface area contributed by atoms with Gasteiger partial charge in [-0.3, -0.25) is 9.48 Å². The van der Waals surface area contributed by atoms with Crippen LogP contribution in [0.3, 0.4) is 0 Å². The van der Waals surface area contributed by atoms with Crippen molar-refractivity contribution in [2.45, 2.75) is 0 Å². The van der Waals surface area contributed by atoms with Gasteiger partial charge >= 0.3 is 0 Å². The summed E-state index contributed by atoms with van der Waals surface area (Å²) in [5, 5.41) is 7.13. The van der Waals surface area contributed by atoms with Gasteiger partial charge in [0.1, 0.15) is 18.1 Å². The fourth-order valence-electron chi connectivity index (χ4n) is 3.00. The van der Waals surface area contributed by atoms with Crippen LogP contribution in [-0.4, -0.2) is 42.7 Å². The van der Waals surface area contributed by atoms with E-state index >= 15 is 0 Å². The lowest BCUT2D eigenvalue weighted by atomic mass is 10.1. The smallest absolute Gasteiger partial charge is 0.271 e. The Morgan fingerprint density at radius 1 is 1.10 bits per heavy atom. The topological polar surface area (TPSA) is 83.8 Å². The average Bonchev–Trinajstić information content (AvgIpc) is 3.37. The van der Waals surface area contributed by atoms with Crippen molar-refractivity contribution in [2.24, 2.45) is 7.05 Å². The van der Waals surface area contributed by atoms with Gasteiger partial charge in [-0.05, 0) is 48.5 Å². The van der Waals surface area contributed by atoms with Crippen LogP contribution < -0.4 is 24.3 Å². The first-order valence-corrected chi connectivity index (χ1v) is 9.13. The van der Waals surface area contributed by atoms with E-state index < -0.39 is 0 Å². The van der Waals surface area contributed by atoms with Crippen LogP contribution in [0.2, 0.25) is 0 Å². The second kappa shape index (κ2) is 8.14. The van der Waals surface area contributed by atoms with Gasteiger partial charge in [-0.2, -0.15) is 5.10 Å². The van der Waals surface area contributed by atoms with E-state index in [4.69, 9.17) is 18.9 Å². The van der Waals surface area contributed by atoms with E-state index in [0.717, 1.165) is 17.0 Å². The fraction of sp³-hybridized carbons (Fsp3) is 0.238. The van der Waals surface area contributed by atoms with Gasteiger partial charge in [0.05, 0.1) is 19.3 Å². The SMILES string of the molecule is COc1ccc(OCCNC(=O)c2cc(-c3ccc4c(c3)OCO4)n(C)n2)cc1. The maximum atomic E-state index is 12.4. The van der Waals surface area contributed by atoms with Gasteiger partial charge in [0.25, 0.3) is 5.91 Å². The monoisotopic (exact) mass is 395 g/mol. The van der Waals surface area contributed by atoms with Crippen molar-refractivity contribution < 1.29 is 23.7 Å². The van der Waals surface area contributed by atoms with Crippen LogP contribution in [0.25, 0.3) is 11.3 Å². The standard InChI is InChI=1S/C21H21N3O5/c1-24-18(14-3-8-19-20(11-14)29-13-28-19)12-17(23-24)21(25)22-9-10-27-16-6-4-15(26-2)5-7-16/h3-8,11-12H,9-10,13H2,1-2H3,(H,22,25). The maximum Gasteiger partial charge on any atom is 0.271 e. The minimum atomic E-state index is -0.258. The van der Waals surface area contributed by atoms with Crippen LogP contribution >= 0.6 is 0 Å². The molecular weight excluding hydrogens is 374 g/mol. The lowest BCUT2D eigenvalue weighted by molar-refractivity contribution is 0.0941. The lowest BCUT2D eigenvalue weighted by Gasteiger charge is -2.07. The minimum Gasteiger partial charge on any atom is -0.497 e. The quantitative estimate of drug-likeness (QED) is 0.619. The van der Waals surface area contributed by atoms with E-state index in [9.17, 15) is 4.79 Å². The zero-order chi connectivity index (χ0) is 20.2. The molecule has 150 valence electrons. The molecular formula is C21H21N3O5. The number of methoxy groups -OCH3 is 1. The number of aromatic nitrogens is 2. The number of carbonyl (C=O) groups excluding carboxylic acids is 1. The van der Waals surface area contributed by atoms with Crippen LogP contribution in [0.5, 0.6) is 23.0 Å². The summed E-state index contributed by atoms with van der Waals surface area (Å²) in [4.78, 5) is 12.4. The molecule has 2 aromatic carbocycles. The Labute approximate surface area is 168 Å². The molecule has 29 heavy (non-hydrogen) atoms. The highest BCUT2D eigenvalue weighted by molar-refractivity contribution is 5.93. The zero-order valence-electron chi connectivity index (χ0n) is 16.2. The fourth-order valence-corrected chi connectivity index (χ4v) is 3.00. The molecule has 0 saturated heterocycles. The second-order valence-corrected chi connectivity index (χ2v) is 6.39. The number of hydrogen-bond donors (Lipinski definition) is 1. The maximum absolute atomic E-state index is 12.4. The van der Waals surface area contributed by atoms with Crippen molar-refractivity contribution in [1.82, 2.24) is 15.1 Å². The first-order chi connectivity index (χ1) is 14.1. The highest BCUT2D eigenvalue weighted by Gasteiger charge is 2.18. The molecule has 1 aliphatic rings. The summed E-state index contributed by atoms with van der Waals surface area (Å²) in [5.41, 5.74) is 2.04. The average molecular weight is 395 g/mol. The molecule has 3 aromatic rings. The molecule has 1 aromatic heterocycles. The summed E-state index contributed by atoms with van der Waals surface area (Å²) in [6.07, 6.45) is 0. The van der Waals surface area contributed by atoms with Gasteiger partial charge in [0.15, 0.2) is 17.2 Å². The first-order valence-electron chi connectivity index (χ1n) is 9.13. The third kappa shape index (κ3) is 4.11. The number of amides is 1. The predicted octanol–water partition coefficient (Wildman–Crippen LogP) is 2.63. The molecule has 0 aliphatic carbocycles. The summed E-state index contributed by atoms with van der Waals surface area (Å²) in [6, 6.07) is 14.7. The molecule has 1 aliphatic heterocycles. The van der Waals surface area contributed by atoms with E-state index in [2.05, 4.69) is 10.4 Å². The Morgan fingerprint density at radius 3 is 2.66 bits per heavy atom.